The van der Waals surface area contributed by atoms with Gasteiger partial charge in [0.25, 0.3) is 0 Å². The number of aromatic nitrogens is 2. The summed E-state index contributed by atoms with van der Waals surface area (Å²) in [4.78, 5) is 12.8. The smallest absolute Gasteiger partial charge is 0.226 e. The molecule has 3 aromatic carbocycles. The average Bonchev–Trinajstić information content (AvgIpc) is 3.18. The van der Waals surface area contributed by atoms with Gasteiger partial charge in [0.05, 0.1) is 18.5 Å². The summed E-state index contributed by atoms with van der Waals surface area (Å²) >= 11 is 0. The van der Waals surface area contributed by atoms with Crippen LogP contribution in [0.2, 0.25) is 0 Å². The second-order valence-electron chi connectivity index (χ2n) is 8.34. The van der Waals surface area contributed by atoms with Gasteiger partial charge < -0.3 is 14.8 Å². The standard InChI is InChI=1S/C27H23F2N3O3/c1-16-25-22(14-24(33)30-27(25)32(31-16)20-11-9-18(28)10-12-20)21-7-4-8-23(34-2)26(21)35-15-17-5-3-6-19(29)13-17/h3-13,22H,14-15H2,1-2H3,(H,30,33)/t22-/m0/s1. The van der Waals surface area contributed by atoms with Crippen LogP contribution in [0.25, 0.3) is 5.69 Å². The Bertz CT molecular complexity index is 1400. The second-order valence-corrected chi connectivity index (χ2v) is 8.34. The second kappa shape index (κ2) is 9.21. The molecule has 1 aliphatic heterocycles. The Morgan fingerprint density at radius 2 is 1.83 bits per heavy atom. The molecule has 8 heteroatoms. The topological polar surface area (TPSA) is 65.4 Å². The predicted octanol–water partition coefficient (Wildman–Crippen LogP) is 5.52. The number of halogens is 2. The quantitative estimate of drug-likeness (QED) is 0.399. The van der Waals surface area contributed by atoms with Crippen LogP contribution in [0.15, 0.2) is 66.7 Å². The molecule has 0 aliphatic carbocycles. The normalized spacial score (nSPS) is 14.9. The third-order valence-corrected chi connectivity index (χ3v) is 6.05. The molecule has 5 rings (SSSR count). The van der Waals surface area contributed by atoms with E-state index in [2.05, 4.69) is 10.4 Å². The van der Waals surface area contributed by atoms with Crippen LogP contribution in [0.3, 0.4) is 0 Å². The maximum absolute atomic E-state index is 13.7. The number of amides is 1. The monoisotopic (exact) mass is 475 g/mol. The Hall–Kier alpha value is -4.20. The van der Waals surface area contributed by atoms with Gasteiger partial charge in [-0.2, -0.15) is 5.10 Å². The number of rotatable bonds is 6. The van der Waals surface area contributed by atoms with Crippen molar-refractivity contribution in [3.63, 3.8) is 0 Å². The lowest BCUT2D eigenvalue weighted by atomic mass is 9.85. The number of methoxy groups -OCH3 is 1. The highest BCUT2D eigenvalue weighted by molar-refractivity contribution is 5.95. The van der Waals surface area contributed by atoms with E-state index in [1.807, 2.05) is 19.1 Å². The average molecular weight is 475 g/mol. The van der Waals surface area contributed by atoms with E-state index in [-0.39, 0.29) is 36.5 Å². The molecule has 1 aliphatic rings. The number of carbonyl (C=O) groups excluding carboxylic acids is 1. The molecule has 4 aromatic rings. The highest BCUT2D eigenvalue weighted by Crippen LogP contribution is 2.46. The fraction of sp³-hybridized carbons (Fsp3) is 0.185. The first kappa shape index (κ1) is 22.6. The third kappa shape index (κ3) is 4.35. The molecule has 35 heavy (non-hydrogen) atoms. The van der Waals surface area contributed by atoms with Gasteiger partial charge in [-0.25, -0.2) is 13.5 Å². The van der Waals surface area contributed by atoms with Crippen LogP contribution in [0, 0.1) is 18.6 Å². The summed E-state index contributed by atoms with van der Waals surface area (Å²) in [6.45, 7) is 2.00. The summed E-state index contributed by atoms with van der Waals surface area (Å²) in [6, 6.07) is 17.6. The van der Waals surface area contributed by atoms with Crippen LogP contribution >= 0.6 is 0 Å². The molecule has 1 atom stereocenters. The van der Waals surface area contributed by atoms with Crippen molar-refractivity contribution in [2.24, 2.45) is 0 Å². The van der Waals surface area contributed by atoms with E-state index in [1.165, 1.54) is 24.3 Å². The molecule has 0 fully saturated rings. The summed E-state index contributed by atoms with van der Waals surface area (Å²) in [6.07, 6.45) is 0.187. The van der Waals surface area contributed by atoms with Crippen molar-refractivity contribution in [2.75, 3.05) is 12.4 Å². The number of nitrogens with one attached hydrogen (secondary N) is 1. The summed E-state index contributed by atoms with van der Waals surface area (Å²) < 4.78 is 40.5. The van der Waals surface area contributed by atoms with Gasteiger partial charge in [-0.3, -0.25) is 4.79 Å². The number of fused-ring (bicyclic) bond motifs is 1. The summed E-state index contributed by atoms with van der Waals surface area (Å²) in [7, 11) is 1.55. The van der Waals surface area contributed by atoms with Gasteiger partial charge >= 0.3 is 0 Å². The molecule has 0 bridgehead atoms. The zero-order valence-corrected chi connectivity index (χ0v) is 19.2. The van der Waals surface area contributed by atoms with E-state index in [0.717, 1.165) is 16.8 Å². The van der Waals surface area contributed by atoms with Gasteiger partial charge in [0.2, 0.25) is 5.91 Å². The van der Waals surface area contributed by atoms with Crippen molar-refractivity contribution in [1.29, 1.82) is 0 Å². The predicted molar refractivity (Wildman–Crippen MR) is 127 cm³/mol. The van der Waals surface area contributed by atoms with Gasteiger partial charge in [-0.05, 0) is 55.0 Å². The minimum Gasteiger partial charge on any atom is -0.493 e. The number of benzene rings is 3. The Labute approximate surface area is 201 Å². The fourth-order valence-electron chi connectivity index (χ4n) is 4.49. The van der Waals surface area contributed by atoms with Crippen LogP contribution in [-0.2, 0) is 11.4 Å². The molecule has 1 N–H and O–H groups in total. The maximum atomic E-state index is 13.7. The Morgan fingerprint density at radius 3 is 2.57 bits per heavy atom. The van der Waals surface area contributed by atoms with Gasteiger partial charge in [-0.1, -0.05) is 24.3 Å². The number of aryl methyl sites for hydroxylation is 1. The van der Waals surface area contributed by atoms with Crippen molar-refractivity contribution in [2.45, 2.75) is 25.9 Å². The highest BCUT2D eigenvalue weighted by Gasteiger charge is 2.35. The number of ether oxygens (including phenoxy) is 2. The number of para-hydroxylation sites is 1. The van der Waals surface area contributed by atoms with Gasteiger partial charge in [0.1, 0.15) is 24.1 Å². The van der Waals surface area contributed by atoms with Crippen molar-refractivity contribution in [3.8, 4) is 17.2 Å². The maximum Gasteiger partial charge on any atom is 0.226 e. The first-order valence-electron chi connectivity index (χ1n) is 11.1. The lowest BCUT2D eigenvalue weighted by Crippen LogP contribution is -2.25. The largest absolute Gasteiger partial charge is 0.493 e. The van der Waals surface area contributed by atoms with Crippen molar-refractivity contribution in [3.05, 3.63) is 101 Å². The van der Waals surface area contributed by atoms with E-state index < -0.39 is 0 Å². The molecule has 6 nitrogen and oxygen atoms in total. The molecule has 178 valence electrons. The minimum absolute atomic E-state index is 0.130. The Balaban J connectivity index is 1.58. The highest BCUT2D eigenvalue weighted by atomic mass is 19.1. The fourth-order valence-corrected chi connectivity index (χ4v) is 4.49. The third-order valence-electron chi connectivity index (χ3n) is 6.05. The summed E-state index contributed by atoms with van der Waals surface area (Å²) in [5, 5.41) is 7.57. The van der Waals surface area contributed by atoms with E-state index in [1.54, 1.807) is 42.1 Å². The molecule has 0 saturated carbocycles. The number of nitrogens with zero attached hydrogens (tertiary/aromatic N) is 2. The molecule has 0 spiro atoms. The van der Waals surface area contributed by atoms with Gasteiger partial charge in [-0.15, -0.1) is 0 Å². The minimum atomic E-state index is -0.357. The Kier molecular flexibility index (Phi) is 5.94. The number of hydrogen-bond donors (Lipinski definition) is 1. The number of anilines is 1. The molecule has 1 aromatic heterocycles. The molecular formula is C27H23F2N3O3. The zero-order valence-electron chi connectivity index (χ0n) is 19.2. The zero-order chi connectivity index (χ0) is 24.5. The molecule has 1 amide bonds. The van der Waals surface area contributed by atoms with Crippen LogP contribution in [0.1, 0.15) is 34.7 Å². The van der Waals surface area contributed by atoms with E-state index in [9.17, 15) is 13.6 Å². The number of carbonyl (C=O) groups is 1. The lowest BCUT2D eigenvalue weighted by molar-refractivity contribution is -0.116. The first-order valence-corrected chi connectivity index (χ1v) is 11.1. The summed E-state index contributed by atoms with van der Waals surface area (Å²) in [5.41, 5.74) is 3.64. The molecule has 0 radical (unpaired) electrons. The number of hydrogen-bond acceptors (Lipinski definition) is 4. The molecule has 2 heterocycles. The molecule has 0 saturated heterocycles. The Morgan fingerprint density at radius 1 is 1.06 bits per heavy atom. The molecule has 0 unspecified atom stereocenters. The van der Waals surface area contributed by atoms with Crippen LogP contribution < -0.4 is 14.8 Å². The van der Waals surface area contributed by atoms with Crippen LogP contribution in [0.4, 0.5) is 14.6 Å². The molecular weight excluding hydrogens is 452 g/mol. The van der Waals surface area contributed by atoms with E-state index in [4.69, 9.17) is 9.47 Å². The lowest BCUT2D eigenvalue weighted by Gasteiger charge is -2.26. The van der Waals surface area contributed by atoms with E-state index in [0.29, 0.717) is 28.6 Å². The summed E-state index contributed by atoms with van der Waals surface area (Å²) in [5.74, 6) is 0.298. The van der Waals surface area contributed by atoms with E-state index >= 15 is 0 Å². The van der Waals surface area contributed by atoms with Gasteiger partial charge in [0.15, 0.2) is 11.5 Å². The SMILES string of the molecule is COc1cccc([C@@H]2CC(=O)Nc3c2c(C)nn3-c2ccc(F)cc2)c1OCc1cccc(F)c1. The van der Waals surface area contributed by atoms with Crippen molar-refractivity contribution < 1.29 is 23.0 Å². The van der Waals surface area contributed by atoms with Crippen molar-refractivity contribution in [1.82, 2.24) is 9.78 Å². The van der Waals surface area contributed by atoms with Crippen molar-refractivity contribution >= 4 is 11.7 Å². The first-order chi connectivity index (χ1) is 16.9. The van der Waals surface area contributed by atoms with Gasteiger partial charge in [0, 0.05) is 23.5 Å². The van der Waals surface area contributed by atoms with Crippen LogP contribution in [-0.4, -0.2) is 22.8 Å². The van der Waals surface area contributed by atoms with Crippen LogP contribution in [0.5, 0.6) is 11.5 Å².